The quantitative estimate of drug-likeness (QED) is 0.466. The normalized spacial score (nSPS) is 11.2. The lowest BCUT2D eigenvalue weighted by Crippen LogP contribution is -2.28. The average Bonchev–Trinajstić information content (AvgIpc) is 2.86. The van der Waals surface area contributed by atoms with Crippen LogP contribution in [-0.4, -0.2) is 0 Å². The number of furan rings is 1. The molecule has 4 aromatic rings. The van der Waals surface area contributed by atoms with Crippen LogP contribution < -0.4 is 4.57 Å². The Kier molecular flexibility index (Phi) is 2.15. The van der Waals surface area contributed by atoms with Crippen molar-refractivity contribution in [2.75, 3.05) is 0 Å². The second-order valence-electron chi connectivity index (χ2n) is 4.56. The molecule has 0 aliphatic carbocycles. The van der Waals surface area contributed by atoms with Gasteiger partial charge >= 0.3 is 0 Å². The van der Waals surface area contributed by atoms with Crippen molar-refractivity contribution < 1.29 is 8.98 Å². The van der Waals surface area contributed by atoms with Crippen molar-refractivity contribution in [2.24, 2.45) is 0 Å². The minimum Gasteiger partial charge on any atom is -0.450 e. The summed E-state index contributed by atoms with van der Waals surface area (Å²) < 4.78 is 7.97. The second kappa shape index (κ2) is 3.95. The Morgan fingerprint density at radius 3 is 2.32 bits per heavy atom. The summed E-state index contributed by atoms with van der Waals surface area (Å²) in [5.41, 5.74) is 2.97. The molecule has 0 amide bonds. The number of fused-ring (bicyclic) bond motifs is 3. The van der Waals surface area contributed by atoms with Crippen LogP contribution in [0.5, 0.6) is 0 Å². The predicted molar refractivity (Wildman–Crippen MR) is 75.3 cm³/mol. The highest BCUT2D eigenvalue weighted by Crippen LogP contribution is 2.27. The molecule has 2 heteroatoms. The Bertz CT molecular complexity index is 862. The first-order chi connectivity index (χ1) is 9.42. The molecular formula is C17H12NO+. The van der Waals surface area contributed by atoms with Crippen LogP contribution >= 0.6 is 0 Å². The molecule has 0 saturated carbocycles. The van der Waals surface area contributed by atoms with Gasteiger partial charge in [0.15, 0.2) is 11.8 Å². The van der Waals surface area contributed by atoms with Gasteiger partial charge in [-0.1, -0.05) is 36.4 Å². The van der Waals surface area contributed by atoms with Gasteiger partial charge in [-0.3, -0.25) is 0 Å². The lowest BCUT2D eigenvalue weighted by atomic mass is 10.2. The maximum atomic E-state index is 5.89. The molecule has 2 aromatic heterocycles. The van der Waals surface area contributed by atoms with Crippen molar-refractivity contribution in [1.29, 1.82) is 0 Å². The highest BCUT2D eigenvalue weighted by Gasteiger charge is 2.12. The average molecular weight is 246 g/mol. The molecule has 2 nitrogen and oxygen atoms in total. The zero-order valence-electron chi connectivity index (χ0n) is 10.3. The highest BCUT2D eigenvalue weighted by molar-refractivity contribution is 6.04. The van der Waals surface area contributed by atoms with Crippen LogP contribution in [0.25, 0.3) is 27.6 Å². The van der Waals surface area contributed by atoms with E-state index in [1.807, 2.05) is 42.6 Å². The van der Waals surface area contributed by atoms with E-state index in [1.54, 1.807) is 0 Å². The number of nitrogens with zero attached hydrogens (tertiary/aromatic N) is 1. The number of pyridine rings is 1. The Morgan fingerprint density at radius 1 is 0.684 bits per heavy atom. The van der Waals surface area contributed by atoms with E-state index in [0.29, 0.717) is 0 Å². The van der Waals surface area contributed by atoms with Crippen LogP contribution in [0.1, 0.15) is 0 Å². The second-order valence-corrected chi connectivity index (χ2v) is 4.56. The molecule has 0 spiro atoms. The lowest BCUT2D eigenvalue weighted by Gasteiger charge is -1.94. The van der Waals surface area contributed by atoms with Crippen molar-refractivity contribution >= 4 is 21.9 Å². The van der Waals surface area contributed by atoms with Crippen molar-refractivity contribution in [2.45, 2.75) is 0 Å². The van der Waals surface area contributed by atoms with Gasteiger partial charge in [0.1, 0.15) is 5.58 Å². The summed E-state index contributed by atoms with van der Waals surface area (Å²) in [4.78, 5) is 0. The fourth-order valence-corrected chi connectivity index (χ4v) is 2.44. The van der Waals surface area contributed by atoms with Gasteiger partial charge < -0.3 is 4.42 Å². The summed E-state index contributed by atoms with van der Waals surface area (Å²) in [6.07, 6.45) is 4.10. The number of hydrogen-bond acceptors (Lipinski definition) is 1. The Morgan fingerprint density at radius 2 is 1.42 bits per heavy atom. The van der Waals surface area contributed by atoms with Crippen LogP contribution in [0.15, 0.2) is 77.5 Å². The van der Waals surface area contributed by atoms with E-state index in [-0.39, 0.29) is 0 Å². The maximum Gasteiger partial charge on any atom is 0.218 e. The summed E-state index contributed by atoms with van der Waals surface area (Å²) in [6.45, 7) is 0. The van der Waals surface area contributed by atoms with Crippen LogP contribution in [-0.2, 0) is 0 Å². The molecule has 0 saturated heterocycles. The fraction of sp³-hybridized carbons (Fsp3) is 0. The number of benzene rings is 2. The van der Waals surface area contributed by atoms with E-state index in [0.717, 1.165) is 27.6 Å². The van der Waals surface area contributed by atoms with E-state index in [1.165, 1.54) is 0 Å². The van der Waals surface area contributed by atoms with E-state index in [2.05, 4.69) is 35.0 Å². The highest BCUT2D eigenvalue weighted by atomic mass is 16.3. The topological polar surface area (TPSA) is 17.0 Å². The molecule has 0 aliphatic rings. The smallest absolute Gasteiger partial charge is 0.218 e. The van der Waals surface area contributed by atoms with Gasteiger partial charge in [-0.2, -0.15) is 4.57 Å². The number of rotatable bonds is 1. The molecule has 19 heavy (non-hydrogen) atoms. The van der Waals surface area contributed by atoms with E-state index in [9.17, 15) is 0 Å². The monoisotopic (exact) mass is 246 g/mol. The minimum absolute atomic E-state index is 0.910. The lowest BCUT2D eigenvalue weighted by molar-refractivity contribution is -0.594. The Labute approximate surface area is 110 Å². The van der Waals surface area contributed by atoms with E-state index < -0.39 is 0 Å². The fourth-order valence-electron chi connectivity index (χ4n) is 2.44. The Hall–Kier alpha value is -2.61. The van der Waals surface area contributed by atoms with Gasteiger partial charge in [-0.05, 0) is 6.07 Å². The van der Waals surface area contributed by atoms with Gasteiger partial charge in [0.2, 0.25) is 11.9 Å². The van der Waals surface area contributed by atoms with Crippen LogP contribution in [0.3, 0.4) is 0 Å². The van der Waals surface area contributed by atoms with Gasteiger partial charge in [0.05, 0.1) is 0 Å². The summed E-state index contributed by atoms with van der Waals surface area (Å²) in [7, 11) is 0. The molecule has 2 heterocycles. The summed E-state index contributed by atoms with van der Waals surface area (Å²) in [5, 5.41) is 2.32. The van der Waals surface area contributed by atoms with Crippen molar-refractivity contribution in [3.05, 3.63) is 73.1 Å². The van der Waals surface area contributed by atoms with Gasteiger partial charge in [-0.15, -0.1) is 0 Å². The van der Waals surface area contributed by atoms with Crippen molar-refractivity contribution in [3.8, 4) is 5.69 Å². The van der Waals surface area contributed by atoms with Gasteiger partial charge in [-0.25, -0.2) is 0 Å². The van der Waals surface area contributed by atoms with Crippen molar-refractivity contribution in [1.82, 2.24) is 0 Å². The summed E-state index contributed by atoms with van der Waals surface area (Å²) >= 11 is 0. The first-order valence-corrected chi connectivity index (χ1v) is 6.30. The molecule has 0 radical (unpaired) electrons. The third-order valence-electron chi connectivity index (χ3n) is 3.38. The molecule has 0 atom stereocenters. The largest absolute Gasteiger partial charge is 0.450 e. The molecule has 0 aliphatic heterocycles. The number of aromatic nitrogens is 1. The zero-order valence-corrected chi connectivity index (χ0v) is 10.3. The predicted octanol–water partition coefficient (Wildman–Crippen LogP) is 3.86. The van der Waals surface area contributed by atoms with Crippen LogP contribution in [0, 0.1) is 0 Å². The van der Waals surface area contributed by atoms with Crippen LogP contribution in [0.4, 0.5) is 0 Å². The van der Waals surface area contributed by atoms with Gasteiger partial charge in [0.25, 0.3) is 0 Å². The molecule has 0 fully saturated rings. The summed E-state index contributed by atoms with van der Waals surface area (Å²) in [6, 6.07) is 20.5. The van der Waals surface area contributed by atoms with E-state index in [4.69, 9.17) is 4.42 Å². The molecule has 0 N–H and O–H groups in total. The molecule has 0 unspecified atom stereocenters. The first-order valence-electron chi connectivity index (χ1n) is 6.30. The first kappa shape index (κ1) is 10.3. The molecule has 4 rings (SSSR count). The molecular weight excluding hydrogens is 234 g/mol. The standard InChI is InChI=1S/C17H12NO/c1-2-6-13(7-3-1)18-11-10-15-14-8-4-5-9-16(14)19-17(15)12-18/h1-12H/q+1. The summed E-state index contributed by atoms with van der Waals surface area (Å²) in [5.74, 6) is 0. The molecule has 2 aromatic carbocycles. The molecule has 90 valence electrons. The van der Waals surface area contributed by atoms with Gasteiger partial charge in [0, 0.05) is 29.0 Å². The van der Waals surface area contributed by atoms with E-state index >= 15 is 0 Å². The SMILES string of the molecule is c1ccc(-[n+]2ccc3c(c2)oc2ccccc23)cc1. The number of para-hydroxylation sites is 2. The van der Waals surface area contributed by atoms with Crippen molar-refractivity contribution in [3.63, 3.8) is 0 Å². The third kappa shape index (κ3) is 1.61. The van der Waals surface area contributed by atoms with Crippen LogP contribution in [0.2, 0.25) is 0 Å². The zero-order chi connectivity index (χ0) is 12.7. The minimum atomic E-state index is 0.910. The maximum absolute atomic E-state index is 5.89. The molecule has 0 bridgehead atoms. The third-order valence-corrected chi connectivity index (χ3v) is 3.38. The Balaban J connectivity index is 1.99. The number of hydrogen-bond donors (Lipinski definition) is 0.